The third kappa shape index (κ3) is 4.74. The highest BCUT2D eigenvalue weighted by Gasteiger charge is 2.34. The topological polar surface area (TPSA) is 116 Å². The molecule has 2 atom stereocenters. The van der Waals surface area contributed by atoms with Gasteiger partial charge in [-0.1, -0.05) is 36.9 Å². The number of aromatic nitrogens is 2. The van der Waals surface area contributed by atoms with E-state index in [0.29, 0.717) is 33.2 Å². The zero-order valence-corrected chi connectivity index (χ0v) is 21.8. The van der Waals surface area contributed by atoms with Crippen LogP contribution in [-0.2, 0) is 4.79 Å². The second-order valence-electron chi connectivity index (χ2n) is 9.59. The molecule has 4 aromatic rings. The van der Waals surface area contributed by atoms with Crippen LogP contribution in [0.5, 0.6) is 0 Å². The molecule has 9 nitrogen and oxygen atoms in total. The molecule has 2 aliphatic rings. The minimum atomic E-state index is -0.363. The van der Waals surface area contributed by atoms with Crippen molar-refractivity contribution >= 4 is 56.5 Å². The number of carbonyl (C=O) groups excluding carboxylic acids is 3. The maximum Gasteiger partial charge on any atom is 0.331 e. The first-order valence-corrected chi connectivity index (χ1v) is 13.6. The van der Waals surface area contributed by atoms with Crippen molar-refractivity contribution in [3.8, 4) is 11.3 Å². The average molecular weight is 539 g/mol. The minimum absolute atomic E-state index is 0.0158. The van der Waals surface area contributed by atoms with Gasteiger partial charge < -0.3 is 16.0 Å². The number of hydrogen-bond donors (Lipinski definition) is 3. The lowest BCUT2D eigenvalue weighted by atomic mass is 9.91. The maximum absolute atomic E-state index is 13.5. The van der Waals surface area contributed by atoms with Crippen molar-refractivity contribution < 1.29 is 14.4 Å². The molecule has 196 valence electrons. The van der Waals surface area contributed by atoms with Gasteiger partial charge in [0.25, 0.3) is 5.91 Å². The fraction of sp³-hybridized carbons (Fsp3) is 0.207. The van der Waals surface area contributed by atoms with Gasteiger partial charge in [0.2, 0.25) is 5.91 Å². The smallest absolute Gasteiger partial charge is 0.331 e. The predicted molar refractivity (Wildman–Crippen MR) is 152 cm³/mol. The number of urea groups is 1. The quantitative estimate of drug-likeness (QED) is 0.285. The minimum Gasteiger partial charge on any atom is -0.350 e. The average Bonchev–Trinajstić information content (AvgIpc) is 3.33. The van der Waals surface area contributed by atoms with Gasteiger partial charge in [-0.25, -0.2) is 9.78 Å². The largest absolute Gasteiger partial charge is 0.350 e. The number of nitrogens with zero attached hydrogens (tertiary/aromatic N) is 3. The maximum atomic E-state index is 13.5. The first-order chi connectivity index (χ1) is 19.0. The van der Waals surface area contributed by atoms with Gasteiger partial charge in [-0.05, 0) is 50.0 Å². The van der Waals surface area contributed by atoms with Crippen LogP contribution in [-0.4, -0.2) is 39.9 Å². The van der Waals surface area contributed by atoms with Gasteiger partial charge in [0.15, 0.2) is 0 Å². The summed E-state index contributed by atoms with van der Waals surface area (Å²) in [4.78, 5) is 50.3. The lowest BCUT2D eigenvalue weighted by Crippen LogP contribution is -2.45. The highest BCUT2D eigenvalue weighted by molar-refractivity contribution is 7.21. The van der Waals surface area contributed by atoms with Crippen LogP contribution in [0.2, 0.25) is 0 Å². The summed E-state index contributed by atoms with van der Waals surface area (Å²) in [5, 5.41) is 9.72. The number of nitrogens with one attached hydrogen (secondary N) is 3. The molecule has 1 aliphatic carbocycles. The zero-order chi connectivity index (χ0) is 26.9. The van der Waals surface area contributed by atoms with Gasteiger partial charge in [0.1, 0.15) is 9.71 Å². The fourth-order valence-electron chi connectivity index (χ4n) is 5.29. The van der Waals surface area contributed by atoms with E-state index >= 15 is 0 Å². The van der Waals surface area contributed by atoms with Crippen molar-refractivity contribution in [1.82, 2.24) is 20.6 Å². The van der Waals surface area contributed by atoms with E-state index in [9.17, 15) is 14.4 Å². The van der Waals surface area contributed by atoms with E-state index in [-0.39, 0.29) is 29.9 Å². The van der Waals surface area contributed by atoms with Gasteiger partial charge in [0, 0.05) is 30.0 Å². The molecule has 39 heavy (non-hydrogen) atoms. The van der Waals surface area contributed by atoms with E-state index in [4.69, 9.17) is 0 Å². The number of rotatable bonds is 6. The summed E-state index contributed by atoms with van der Waals surface area (Å²) in [5.41, 5.74) is 3.48. The highest BCUT2D eigenvalue weighted by atomic mass is 32.1. The van der Waals surface area contributed by atoms with Gasteiger partial charge in [0.05, 0.1) is 28.1 Å². The number of pyridine rings is 2. The van der Waals surface area contributed by atoms with Gasteiger partial charge in [-0.15, -0.1) is 11.3 Å². The summed E-state index contributed by atoms with van der Waals surface area (Å²) < 4.78 is 0. The van der Waals surface area contributed by atoms with Crippen molar-refractivity contribution in [1.29, 1.82) is 0 Å². The summed E-state index contributed by atoms with van der Waals surface area (Å²) >= 11 is 1.25. The van der Waals surface area contributed by atoms with Crippen LogP contribution in [0.25, 0.3) is 21.5 Å². The van der Waals surface area contributed by atoms with Crippen LogP contribution in [0.1, 0.15) is 35.4 Å². The molecule has 0 bridgehead atoms. The normalized spacial score (nSPS) is 18.4. The number of anilines is 3. The van der Waals surface area contributed by atoms with E-state index < -0.39 is 0 Å². The van der Waals surface area contributed by atoms with Crippen LogP contribution in [0.3, 0.4) is 0 Å². The van der Waals surface area contributed by atoms with Crippen LogP contribution in [0.15, 0.2) is 73.6 Å². The second kappa shape index (κ2) is 10.3. The first-order valence-electron chi connectivity index (χ1n) is 12.8. The van der Waals surface area contributed by atoms with E-state index in [1.54, 1.807) is 29.4 Å². The Hall–Kier alpha value is -4.57. The number of thiophene rings is 1. The third-order valence-corrected chi connectivity index (χ3v) is 8.16. The van der Waals surface area contributed by atoms with Gasteiger partial charge in [-0.3, -0.25) is 19.5 Å². The molecule has 1 aromatic carbocycles. The Bertz CT molecular complexity index is 1600. The lowest BCUT2D eigenvalue weighted by molar-refractivity contribution is -0.117. The molecule has 4 heterocycles. The first kappa shape index (κ1) is 24.7. The van der Waals surface area contributed by atoms with E-state index in [2.05, 4.69) is 32.5 Å². The van der Waals surface area contributed by atoms with E-state index in [1.165, 1.54) is 17.4 Å². The Morgan fingerprint density at radius 3 is 2.62 bits per heavy atom. The molecule has 1 fully saturated rings. The zero-order valence-electron chi connectivity index (χ0n) is 21.0. The summed E-state index contributed by atoms with van der Waals surface area (Å²) in [6.07, 6.45) is 7.80. The van der Waals surface area contributed by atoms with E-state index in [1.807, 2.05) is 36.4 Å². The molecular formula is C29H26N6O3S. The monoisotopic (exact) mass is 538 g/mol. The molecule has 0 radical (unpaired) electrons. The summed E-state index contributed by atoms with van der Waals surface area (Å²) in [5.74, 6) is -0.472. The predicted octanol–water partition coefficient (Wildman–Crippen LogP) is 5.39. The molecule has 0 spiro atoms. The molecule has 1 saturated carbocycles. The lowest BCUT2D eigenvalue weighted by Gasteiger charge is -2.30. The number of benzene rings is 1. The van der Waals surface area contributed by atoms with Crippen molar-refractivity contribution in [2.24, 2.45) is 0 Å². The number of amides is 4. The second-order valence-corrected chi connectivity index (χ2v) is 10.6. The molecule has 0 saturated heterocycles. The molecule has 3 N–H and O–H groups in total. The van der Waals surface area contributed by atoms with Crippen LogP contribution in [0.4, 0.5) is 21.9 Å². The van der Waals surface area contributed by atoms with Crippen LogP contribution in [0, 0.1) is 0 Å². The molecule has 0 unspecified atom stereocenters. The summed E-state index contributed by atoms with van der Waals surface area (Å²) in [6.45, 7) is 3.51. The Morgan fingerprint density at radius 2 is 1.82 bits per heavy atom. The van der Waals surface area contributed by atoms with Crippen LogP contribution < -0.4 is 20.9 Å². The molecule has 3 aromatic heterocycles. The van der Waals surface area contributed by atoms with Crippen molar-refractivity contribution in [2.45, 2.75) is 37.8 Å². The van der Waals surface area contributed by atoms with Gasteiger partial charge >= 0.3 is 6.03 Å². The molecule has 4 amide bonds. The Kier molecular flexibility index (Phi) is 6.54. The van der Waals surface area contributed by atoms with Crippen molar-refractivity contribution in [3.05, 3.63) is 78.5 Å². The standard InChI is InChI=1S/C29H26N6O3S/c1-2-23(36)32-18-9-6-10-19(15-18)33-27(37)26-25-24-22(12-14-31-28(24)39-26)35(29(38)34-25)20-11-13-30-21(16-20)17-7-4-3-5-8-17/h2-5,7-8,11-14,16,18-19H,1,6,9-10,15H2,(H,32,36)(H,33,37)(H,34,38)/t18-,19+/m0/s1. The van der Waals surface area contributed by atoms with Crippen molar-refractivity contribution in [2.75, 3.05) is 10.2 Å². The third-order valence-electron chi connectivity index (χ3n) is 7.06. The van der Waals surface area contributed by atoms with Crippen LogP contribution >= 0.6 is 11.3 Å². The van der Waals surface area contributed by atoms with Gasteiger partial charge in [-0.2, -0.15) is 0 Å². The molecule has 1 aliphatic heterocycles. The van der Waals surface area contributed by atoms with E-state index in [0.717, 1.165) is 35.9 Å². The van der Waals surface area contributed by atoms with Crippen molar-refractivity contribution in [3.63, 3.8) is 0 Å². The summed E-state index contributed by atoms with van der Waals surface area (Å²) in [6, 6.07) is 14.7. The molecule has 10 heteroatoms. The number of carbonyl (C=O) groups is 3. The molecule has 6 rings (SSSR count). The Morgan fingerprint density at radius 1 is 1.05 bits per heavy atom. The summed E-state index contributed by atoms with van der Waals surface area (Å²) in [7, 11) is 0. The highest BCUT2D eigenvalue weighted by Crippen LogP contribution is 2.46. The Balaban J connectivity index is 1.30. The molecular weight excluding hydrogens is 512 g/mol. The SMILES string of the molecule is C=CC(=O)N[C@H]1CCC[C@@H](NC(=O)c2sc3nccc4c3c2NC(=O)N4c2ccnc(-c3ccccc3)c2)C1. The number of hydrogen-bond acceptors (Lipinski definition) is 6. The fourth-order valence-corrected chi connectivity index (χ4v) is 6.31. The Labute approximate surface area is 229 Å².